The van der Waals surface area contributed by atoms with Crippen LogP contribution in [0.2, 0.25) is 0 Å². The molecule has 0 saturated carbocycles. The second-order valence-electron chi connectivity index (χ2n) is 7.09. The maximum Gasteiger partial charge on any atom is 0.215 e. The summed E-state index contributed by atoms with van der Waals surface area (Å²) in [4.78, 5) is 16.9. The minimum Gasteiger partial charge on any atom is -0.497 e. The number of methoxy groups -OCH3 is 1. The van der Waals surface area contributed by atoms with Crippen LogP contribution in [0.15, 0.2) is 90.2 Å². The number of aromatic amines is 1. The van der Waals surface area contributed by atoms with Gasteiger partial charge in [0.2, 0.25) is 5.16 Å². The molecule has 1 N–H and O–H groups in total. The van der Waals surface area contributed by atoms with E-state index >= 15 is 0 Å². The van der Waals surface area contributed by atoms with Crippen LogP contribution in [0.1, 0.15) is 21.2 Å². The number of carbonyl (C=O) groups is 1. The van der Waals surface area contributed by atoms with Gasteiger partial charge in [0.25, 0.3) is 0 Å². The van der Waals surface area contributed by atoms with Crippen molar-refractivity contribution in [3.05, 3.63) is 96.2 Å². The van der Waals surface area contributed by atoms with E-state index in [1.54, 1.807) is 18.0 Å². The first-order chi connectivity index (χ1) is 15.7. The molecule has 7 nitrogen and oxygen atoms in total. The van der Waals surface area contributed by atoms with Crippen molar-refractivity contribution in [2.45, 2.75) is 10.4 Å². The van der Waals surface area contributed by atoms with Gasteiger partial charge in [0, 0.05) is 22.7 Å². The first kappa shape index (κ1) is 20.0. The van der Waals surface area contributed by atoms with Crippen molar-refractivity contribution in [1.82, 2.24) is 25.2 Å². The predicted molar refractivity (Wildman–Crippen MR) is 123 cm³/mol. The minimum atomic E-state index is -0.515. The number of Topliss-reactive ketones (excluding diaryl/α,β-unsaturated/α-hetero) is 1. The van der Waals surface area contributed by atoms with E-state index in [0.717, 1.165) is 27.9 Å². The van der Waals surface area contributed by atoms with Crippen molar-refractivity contribution < 1.29 is 9.53 Å². The average molecular weight is 442 g/mol. The second-order valence-corrected chi connectivity index (χ2v) is 8.16. The first-order valence-electron chi connectivity index (χ1n) is 9.99. The Morgan fingerprint density at radius 1 is 1.00 bits per heavy atom. The molecular formula is C24H19N5O2S. The smallest absolute Gasteiger partial charge is 0.215 e. The fraction of sp³-hybridized carbons (Fsp3) is 0.0833. The molecule has 0 spiro atoms. The minimum absolute atomic E-state index is 0.0112. The molecule has 0 bridgehead atoms. The maximum atomic E-state index is 13.7. The summed E-state index contributed by atoms with van der Waals surface area (Å²) in [5.74, 6) is 0.732. The lowest BCUT2D eigenvalue weighted by molar-refractivity contribution is 0.0991. The molecule has 1 atom stereocenters. The van der Waals surface area contributed by atoms with Gasteiger partial charge in [0.15, 0.2) is 5.78 Å². The Balaban J connectivity index is 1.53. The van der Waals surface area contributed by atoms with Crippen LogP contribution in [-0.4, -0.2) is 38.1 Å². The van der Waals surface area contributed by atoms with Gasteiger partial charge in [-0.25, -0.2) is 0 Å². The molecule has 1 unspecified atom stereocenters. The van der Waals surface area contributed by atoms with E-state index in [1.807, 2.05) is 78.9 Å². The van der Waals surface area contributed by atoms with Gasteiger partial charge >= 0.3 is 0 Å². The number of H-pyrrole nitrogens is 1. The average Bonchev–Trinajstić information content (AvgIpc) is 3.50. The van der Waals surface area contributed by atoms with Gasteiger partial charge in [-0.1, -0.05) is 60.3 Å². The number of benzene rings is 3. The molecule has 2 aromatic heterocycles. The van der Waals surface area contributed by atoms with Gasteiger partial charge in [0.1, 0.15) is 11.0 Å². The van der Waals surface area contributed by atoms with Crippen LogP contribution < -0.4 is 4.74 Å². The van der Waals surface area contributed by atoms with E-state index in [9.17, 15) is 4.79 Å². The lowest BCUT2D eigenvalue weighted by Gasteiger charge is -2.15. The zero-order chi connectivity index (χ0) is 21.9. The molecule has 3 aromatic carbocycles. The van der Waals surface area contributed by atoms with E-state index in [-0.39, 0.29) is 5.78 Å². The number of ketones is 1. The Bertz CT molecular complexity index is 1360. The molecule has 32 heavy (non-hydrogen) atoms. The molecule has 0 amide bonds. The highest BCUT2D eigenvalue weighted by molar-refractivity contribution is 8.00. The van der Waals surface area contributed by atoms with E-state index in [2.05, 4.69) is 20.5 Å². The van der Waals surface area contributed by atoms with Crippen LogP contribution in [0.3, 0.4) is 0 Å². The van der Waals surface area contributed by atoms with Gasteiger partial charge in [-0.05, 0) is 46.3 Å². The summed E-state index contributed by atoms with van der Waals surface area (Å²) in [7, 11) is 1.62. The van der Waals surface area contributed by atoms with Gasteiger partial charge in [-0.2, -0.15) is 4.68 Å². The number of ether oxygens (including phenoxy) is 1. The Morgan fingerprint density at radius 2 is 1.75 bits per heavy atom. The Morgan fingerprint density at radius 3 is 2.53 bits per heavy atom. The standard InChI is InChI=1S/C24H19N5O2S/c1-31-18-13-11-17(12-14-18)29-24(26-27-28-29)32-23(16-7-3-2-4-8-16)22(30)20-15-25-21-10-6-5-9-19(20)21/h2-15,23,25H,1H3. The molecular weight excluding hydrogens is 422 g/mol. The van der Waals surface area contributed by atoms with E-state index in [1.165, 1.54) is 11.8 Å². The summed E-state index contributed by atoms with van der Waals surface area (Å²) in [6, 6.07) is 24.9. The monoisotopic (exact) mass is 441 g/mol. The number of thioether (sulfide) groups is 1. The summed E-state index contributed by atoms with van der Waals surface area (Å²) < 4.78 is 6.86. The fourth-order valence-corrected chi connectivity index (χ4v) is 4.62. The van der Waals surface area contributed by atoms with Crippen molar-refractivity contribution >= 4 is 28.4 Å². The third-order valence-corrected chi connectivity index (χ3v) is 6.36. The van der Waals surface area contributed by atoms with Crippen molar-refractivity contribution in [3.63, 3.8) is 0 Å². The Kier molecular flexibility index (Phi) is 5.43. The number of hydrogen-bond donors (Lipinski definition) is 1. The van der Waals surface area contributed by atoms with Crippen LogP contribution in [0.4, 0.5) is 0 Å². The van der Waals surface area contributed by atoms with Gasteiger partial charge in [-0.15, -0.1) is 5.10 Å². The first-order valence-corrected chi connectivity index (χ1v) is 10.9. The third kappa shape index (κ3) is 3.76. The van der Waals surface area contributed by atoms with Crippen LogP contribution in [-0.2, 0) is 0 Å². The molecule has 8 heteroatoms. The van der Waals surface area contributed by atoms with E-state index in [4.69, 9.17) is 4.74 Å². The predicted octanol–water partition coefficient (Wildman–Crippen LogP) is 4.87. The SMILES string of the molecule is COc1ccc(-n2nnnc2SC(C(=O)c2c[nH]c3ccccc23)c2ccccc2)cc1. The summed E-state index contributed by atoms with van der Waals surface area (Å²) in [5, 5.41) is 13.1. The second kappa shape index (κ2) is 8.68. The van der Waals surface area contributed by atoms with Crippen molar-refractivity contribution in [1.29, 1.82) is 0 Å². The lowest BCUT2D eigenvalue weighted by Crippen LogP contribution is -2.11. The Labute approximate surface area is 188 Å². The van der Waals surface area contributed by atoms with Crippen molar-refractivity contribution in [2.75, 3.05) is 7.11 Å². The number of nitrogens with one attached hydrogen (secondary N) is 1. The van der Waals surface area contributed by atoms with Crippen molar-refractivity contribution in [3.8, 4) is 11.4 Å². The molecule has 0 fully saturated rings. The number of fused-ring (bicyclic) bond motifs is 1. The highest BCUT2D eigenvalue weighted by Gasteiger charge is 2.28. The van der Waals surface area contributed by atoms with Crippen LogP contribution in [0.5, 0.6) is 5.75 Å². The largest absolute Gasteiger partial charge is 0.497 e. The van der Waals surface area contributed by atoms with Crippen molar-refractivity contribution in [2.24, 2.45) is 0 Å². The number of hydrogen-bond acceptors (Lipinski definition) is 6. The Hall–Kier alpha value is -3.91. The topological polar surface area (TPSA) is 85.7 Å². The van der Waals surface area contributed by atoms with Gasteiger partial charge < -0.3 is 9.72 Å². The number of para-hydroxylation sites is 1. The molecule has 5 aromatic rings. The highest BCUT2D eigenvalue weighted by Crippen LogP contribution is 2.38. The summed E-state index contributed by atoms with van der Waals surface area (Å²) in [6.07, 6.45) is 1.77. The lowest BCUT2D eigenvalue weighted by atomic mass is 10.0. The number of tetrazole rings is 1. The van der Waals surface area contributed by atoms with Gasteiger partial charge in [-0.3, -0.25) is 4.79 Å². The summed E-state index contributed by atoms with van der Waals surface area (Å²) in [5.41, 5.74) is 3.24. The molecule has 5 rings (SSSR count). The fourth-order valence-electron chi connectivity index (χ4n) is 3.56. The molecule has 0 aliphatic heterocycles. The maximum absolute atomic E-state index is 13.7. The molecule has 0 saturated heterocycles. The van der Waals surface area contributed by atoms with E-state index < -0.39 is 5.25 Å². The van der Waals surface area contributed by atoms with E-state index in [0.29, 0.717) is 10.7 Å². The van der Waals surface area contributed by atoms with Crippen LogP contribution in [0, 0.1) is 0 Å². The summed E-state index contributed by atoms with van der Waals surface area (Å²) in [6.45, 7) is 0. The number of rotatable bonds is 7. The highest BCUT2D eigenvalue weighted by atomic mass is 32.2. The number of aromatic nitrogens is 5. The van der Waals surface area contributed by atoms with Gasteiger partial charge in [0.05, 0.1) is 12.8 Å². The summed E-state index contributed by atoms with van der Waals surface area (Å²) >= 11 is 1.33. The van der Waals surface area contributed by atoms with Crippen LogP contribution >= 0.6 is 11.8 Å². The normalized spacial score (nSPS) is 12.0. The number of carbonyl (C=O) groups excluding carboxylic acids is 1. The molecule has 158 valence electrons. The molecule has 0 aliphatic rings. The number of nitrogens with zero attached hydrogens (tertiary/aromatic N) is 4. The zero-order valence-corrected chi connectivity index (χ0v) is 18.0. The third-order valence-electron chi connectivity index (χ3n) is 5.18. The zero-order valence-electron chi connectivity index (χ0n) is 17.2. The molecule has 2 heterocycles. The molecule has 0 radical (unpaired) electrons. The quantitative estimate of drug-likeness (QED) is 0.287. The van der Waals surface area contributed by atoms with Crippen LogP contribution in [0.25, 0.3) is 16.6 Å². The molecule has 0 aliphatic carbocycles.